The van der Waals surface area contributed by atoms with E-state index in [1.54, 1.807) is 0 Å². The van der Waals surface area contributed by atoms with Crippen LogP contribution in [0.3, 0.4) is 0 Å². The van der Waals surface area contributed by atoms with Gasteiger partial charge >= 0.3 is 0 Å². The Hall–Kier alpha value is -1.20. The van der Waals surface area contributed by atoms with Gasteiger partial charge in [-0.25, -0.2) is 0 Å². The van der Waals surface area contributed by atoms with E-state index in [-0.39, 0.29) is 5.91 Å². The Morgan fingerprint density at radius 3 is 3.06 bits per heavy atom. The van der Waals surface area contributed by atoms with Gasteiger partial charge in [0.2, 0.25) is 0 Å². The van der Waals surface area contributed by atoms with E-state index in [9.17, 15) is 4.79 Å². The number of alkyl halides is 1. The molecular weight excluding hydrogens is 270 g/mol. The highest BCUT2D eigenvalue weighted by atomic mass is 35.5. The van der Waals surface area contributed by atoms with E-state index < -0.39 is 5.54 Å². The minimum atomic E-state index is -0.714. The van der Waals surface area contributed by atoms with Crippen LogP contribution in [0.15, 0.2) is 12.3 Å². The van der Waals surface area contributed by atoms with E-state index in [0.717, 1.165) is 36.1 Å². The molecule has 0 bridgehead atoms. The maximum atomic E-state index is 12.2. The second-order valence-electron chi connectivity index (χ2n) is 4.63. The van der Waals surface area contributed by atoms with E-state index in [4.69, 9.17) is 23.8 Å². The quantitative estimate of drug-likeness (QED) is 0.603. The predicted molar refractivity (Wildman–Crippen MR) is 72.3 cm³/mol. The van der Waals surface area contributed by atoms with Gasteiger partial charge < -0.3 is 10.6 Å². The average Bonchev–Trinajstić information content (AvgIpc) is 2.65. The molecule has 1 amide bonds. The number of pyridine rings is 1. The molecule has 1 aliphatic heterocycles. The van der Waals surface area contributed by atoms with Crippen LogP contribution in [-0.2, 0) is 22.6 Å². The lowest BCUT2D eigenvalue weighted by molar-refractivity contribution is -0.124. The number of aryl methyl sites for hydroxylation is 1. The van der Waals surface area contributed by atoms with Gasteiger partial charge in [-0.1, -0.05) is 0 Å². The average molecular weight is 282 g/mol. The maximum Gasteiger partial charge on any atom is 0.256 e. The lowest BCUT2D eigenvalue weighted by Crippen LogP contribution is -2.46. The van der Waals surface area contributed by atoms with E-state index in [0.29, 0.717) is 11.0 Å². The Morgan fingerprint density at radius 1 is 1.56 bits per heavy atom. The van der Waals surface area contributed by atoms with E-state index >= 15 is 0 Å². The summed E-state index contributed by atoms with van der Waals surface area (Å²) in [5, 5.41) is 6.21. The fraction of sp³-hybridized carbons (Fsp3) is 0.417. The Balaban J connectivity index is 2.16. The van der Waals surface area contributed by atoms with Gasteiger partial charge in [0, 0.05) is 6.20 Å². The van der Waals surface area contributed by atoms with Crippen LogP contribution < -0.4 is 10.6 Å². The van der Waals surface area contributed by atoms with Gasteiger partial charge in [0.15, 0.2) is 5.11 Å². The molecule has 6 heteroatoms. The highest BCUT2D eigenvalue weighted by Gasteiger charge is 2.48. The van der Waals surface area contributed by atoms with Gasteiger partial charge in [-0.15, -0.1) is 11.6 Å². The molecule has 1 unspecified atom stereocenters. The largest absolute Gasteiger partial charge is 0.344 e. The third-order valence-corrected chi connectivity index (χ3v) is 4.06. The highest BCUT2D eigenvalue weighted by molar-refractivity contribution is 7.80. The van der Waals surface area contributed by atoms with Crippen LogP contribution in [0, 0.1) is 0 Å². The number of hydrogen-bond acceptors (Lipinski definition) is 3. The molecule has 3 rings (SSSR count). The molecule has 1 aromatic heterocycles. The Labute approximate surface area is 115 Å². The zero-order valence-corrected chi connectivity index (χ0v) is 11.2. The van der Waals surface area contributed by atoms with Crippen molar-refractivity contribution >= 4 is 34.8 Å². The highest BCUT2D eigenvalue weighted by Crippen LogP contribution is 2.37. The summed E-state index contributed by atoms with van der Waals surface area (Å²) in [5.74, 6) is 0.273. The third kappa shape index (κ3) is 1.61. The first-order valence-electron chi connectivity index (χ1n) is 5.83. The molecule has 2 heterocycles. The summed E-state index contributed by atoms with van der Waals surface area (Å²) >= 11 is 10.9. The third-order valence-electron chi connectivity index (χ3n) is 3.58. The first-order chi connectivity index (χ1) is 8.65. The molecule has 1 fully saturated rings. The van der Waals surface area contributed by atoms with Crippen molar-refractivity contribution in [2.24, 2.45) is 0 Å². The number of nitrogens with zero attached hydrogens (tertiary/aromatic N) is 1. The topological polar surface area (TPSA) is 54.0 Å². The number of carbonyl (C=O) groups is 1. The first-order valence-corrected chi connectivity index (χ1v) is 6.78. The molecule has 1 saturated heterocycles. The molecule has 0 aromatic carbocycles. The maximum absolute atomic E-state index is 12.2. The van der Waals surface area contributed by atoms with Crippen LogP contribution >= 0.6 is 23.8 Å². The minimum Gasteiger partial charge on any atom is -0.344 e. The fourth-order valence-electron chi connectivity index (χ4n) is 2.73. The zero-order valence-electron chi connectivity index (χ0n) is 9.62. The molecule has 0 radical (unpaired) electrons. The molecule has 1 aromatic rings. The molecule has 1 atom stereocenters. The van der Waals surface area contributed by atoms with Gasteiger partial charge in [0.25, 0.3) is 5.91 Å². The Morgan fingerprint density at radius 2 is 2.39 bits per heavy atom. The molecule has 18 heavy (non-hydrogen) atoms. The summed E-state index contributed by atoms with van der Waals surface area (Å²) < 4.78 is 0. The van der Waals surface area contributed by atoms with Crippen LogP contribution in [-0.4, -0.2) is 16.0 Å². The zero-order chi connectivity index (χ0) is 12.8. The van der Waals surface area contributed by atoms with Crippen molar-refractivity contribution in [2.45, 2.75) is 30.7 Å². The van der Waals surface area contributed by atoms with E-state index in [1.807, 2.05) is 12.3 Å². The predicted octanol–water partition coefficient (Wildman–Crippen LogP) is 1.36. The number of hydrogen-bond donors (Lipinski definition) is 2. The number of carbonyl (C=O) groups excluding carboxylic acids is 1. The summed E-state index contributed by atoms with van der Waals surface area (Å²) in [5.41, 5.74) is 2.14. The Kier molecular flexibility index (Phi) is 2.75. The lowest BCUT2D eigenvalue weighted by atomic mass is 9.77. The van der Waals surface area contributed by atoms with E-state index in [1.165, 1.54) is 0 Å². The van der Waals surface area contributed by atoms with Crippen LogP contribution in [0.4, 0.5) is 0 Å². The fourth-order valence-corrected chi connectivity index (χ4v) is 3.15. The molecule has 2 aliphatic rings. The normalized spacial score (nSPS) is 25.8. The minimum absolute atomic E-state index is 0.0693. The molecule has 2 N–H and O–H groups in total. The van der Waals surface area contributed by atoms with E-state index in [2.05, 4.69) is 15.6 Å². The van der Waals surface area contributed by atoms with Crippen LogP contribution in [0.25, 0.3) is 0 Å². The molecule has 0 saturated carbocycles. The van der Waals surface area contributed by atoms with Crippen LogP contribution in [0.1, 0.15) is 29.7 Å². The number of amides is 1. The standard InChI is InChI=1S/C12H12ClN3OS/c13-5-8-4-9-7(6-14-8)2-1-3-12(9)10(17)15-11(18)16-12/h4,6H,1-3,5H2,(H2,15,16,17,18). The summed E-state index contributed by atoms with van der Waals surface area (Å²) in [6.07, 6.45) is 4.45. The van der Waals surface area contributed by atoms with Crippen molar-refractivity contribution < 1.29 is 4.79 Å². The summed E-state index contributed by atoms with van der Waals surface area (Å²) in [7, 11) is 0. The van der Waals surface area contributed by atoms with Crippen molar-refractivity contribution in [3.05, 3.63) is 29.1 Å². The Bertz CT molecular complexity index is 548. The smallest absolute Gasteiger partial charge is 0.256 e. The van der Waals surface area contributed by atoms with Gasteiger partial charge in [-0.2, -0.15) is 0 Å². The van der Waals surface area contributed by atoms with Crippen molar-refractivity contribution in [3.63, 3.8) is 0 Å². The SMILES string of the molecule is O=C1NC(=S)NC12CCCc1cnc(CCl)cc12. The molecule has 1 aliphatic carbocycles. The lowest BCUT2D eigenvalue weighted by Gasteiger charge is -2.33. The van der Waals surface area contributed by atoms with Gasteiger partial charge in [0.1, 0.15) is 5.54 Å². The number of thiocarbonyl (C=S) groups is 1. The van der Waals surface area contributed by atoms with Crippen LogP contribution in [0.2, 0.25) is 0 Å². The van der Waals surface area contributed by atoms with Crippen molar-refractivity contribution in [2.75, 3.05) is 0 Å². The molecular formula is C12H12ClN3OS. The van der Waals surface area contributed by atoms with Crippen LogP contribution in [0.5, 0.6) is 0 Å². The number of aromatic nitrogens is 1. The van der Waals surface area contributed by atoms with Gasteiger partial charge in [-0.05, 0) is 48.7 Å². The molecule has 94 valence electrons. The first kappa shape index (κ1) is 11.9. The second-order valence-corrected chi connectivity index (χ2v) is 5.31. The van der Waals surface area contributed by atoms with Crippen molar-refractivity contribution in [1.29, 1.82) is 0 Å². The summed E-state index contributed by atoms with van der Waals surface area (Å²) in [4.78, 5) is 16.5. The monoisotopic (exact) mass is 281 g/mol. The van der Waals surface area contributed by atoms with Gasteiger partial charge in [0.05, 0.1) is 11.6 Å². The number of rotatable bonds is 1. The summed E-state index contributed by atoms with van der Waals surface area (Å²) in [6.45, 7) is 0. The van der Waals surface area contributed by atoms with Crippen molar-refractivity contribution in [1.82, 2.24) is 15.6 Å². The molecule has 1 spiro atoms. The number of fused-ring (bicyclic) bond motifs is 2. The number of halogens is 1. The number of nitrogens with one attached hydrogen (secondary N) is 2. The van der Waals surface area contributed by atoms with Crippen molar-refractivity contribution in [3.8, 4) is 0 Å². The second kappa shape index (κ2) is 4.17. The van der Waals surface area contributed by atoms with Gasteiger partial charge in [-0.3, -0.25) is 9.78 Å². The summed E-state index contributed by atoms with van der Waals surface area (Å²) in [6, 6.07) is 1.92. The molecule has 4 nitrogen and oxygen atoms in total.